The topological polar surface area (TPSA) is 61.7 Å². The van der Waals surface area contributed by atoms with Gasteiger partial charge in [0.25, 0.3) is 5.91 Å². The van der Waals surface area contributed by atoms with Crippen LogP contribution in [-0.4, -0.2) is 16.7 Å². The molecule has 1 atom stereocenters. The lowest BCUT2D eigenvalue weighted by Crippen LogP contribution is -2.22. The molecule has 1 fully saturated rings. The van der Waals surface area contributed by atoms with E-state index in [-0.39, 0.29) is 11.3 Å². The number of amides is 1. The van der Waals surface area contributed by atoms with E-state index in [1.807, 2.05) is 0 Å². The minimum atomic E-state index is -0.439. The van der Waals surface area contributed by atoms with Gasteiger partial charge in [0, 0.05) is 10.7 Å². The summed E-state index contributed by atoms with van der Waals surface area (Å²) >= 11 is 5.80. The summed E-state index contributed by atoms with van der Waals surface area (Å²) < 4.78 is 0. The van der Waals surface area contributed by atoms with Crippen molar-refractivity contribution in [3.63, 3.8) is 0 Å². The van der Waals surface area contributed by atoms with Gasteiger partial charge in [-0.1, -0.05) is 18.5 Å². The second kappa shape index (κ2) is 6.06. The molecule has 1 aromatic carbocycles. The van der Waals surface area contributed by atoms with Crippen molar-refractivity contribution >= 4 is 23.2 Å². The van der Waals surface area contributed by atoms with Crippen LogP contribution in [0, 0.1) is 5.92 Å². The van der Waals surface area contributed by atoms with Gasteiger partial charge in [-0.3, -0.25) is 4.79 Å². The molecule has 4 nitrogen and oxygen atoms in total. The number of hydrogen-bond donors (Lipinski definition) is 2. The highest BCUT2D eigenvalue weighted by Crippen LogP contribution is 2.22. The van der Waals surface area contributed by atoms with Crippen molar-refractivity contribution in [2.24, 2.45) is 11.0 Å². The third-order valence-corrected chi connectivity index (χ3v) is 3.50. The first-order valence-corrected chi connectivity index (χ1v) is 6.78. The maximum absolute atomic E-state index is 11.9. The lowest BCUT2D eigenvalue weighted by atomic mass is 9.89. The maximum Gasteiger partial charge on any atom is 0.275 e. The number of benzene rings is 1. The van der Waals surface area contributed by atoms with Gasteiger partial charge in [0.1, 0.15) is 5.75 Å². The first-order chi connectivity index (χ1) is 9.06. The molecule has 1 aliphatic rings. The molecule has 1 aromatic rings. The Balaban J connectivity index is 2.05. The number of halogens is 1. The lowest BCUT2D eigenvalue weighted by molar-refractivity contribution is 0.0952. The average Bonchev–Trinajstić information content (AvgIpc) is 2.39. The van der Waals surface area contributed by atoms with Gasteiger partial charge in [-0.25, -0.2) is 5.43 Å². The standard InChI is InChI=1S/C14H17ClN2O2/c1-9-3-2-4-11(7-9)16-17-14(19)12-8-10(15)5-6-13(12)18/h5-6,8-9,18H,2-4,7H2,1H3,(H,17,19)/b16-11-/t9-/m0/s1. The van der Waals surface area contributed by atoms with E-state index in [1.54, 1.807) is 0 Å². The summed E-state index contributed by atoms with van der Waals surface area (Å²) in [5.74, 6) is 0.0776. The molecular formula is C14H17ClN2O2. The molecule has 1 aliphatic carbocycles. The predicted molar refractivity (Wildman–Crippen MR) is 75.7 cm³/mol. The second-order valence-corrected chi connectivity index (χ2v) is 5.42. The zero-order chi connectivity index (χ0) is 13.8. The fourth-order valence-corrected chi connectivity index (χ4v) is 2.41. The van der Waals surface area contributed by atoms with Crippen molar-refractivity contribution in [2.75, 3.05) is 0 Å². The third kappa shape index (κ3) is 3.70. The first-order valence-electron chi connectivity index (χ1n) is 6.40. The molecule has 102 valence electrons. The molecular weight excluding hydrogens is 264 g/mol. The zero-order valence-electron chi connectivity index (χ0n) is 10.8. The van der Waals surface area contributed by atoms with Crippen LogP contribution in [0.4, 0.5) is 0 Å². The minimum Gasteiger partial charge on any atom is -0.507 e. The van der Waals surface area contributed by atoms with Gasteiger partial charge in [-0.05, 0) is 49.8 Å². The molecule has 0 aliphatic heterocycles. The van der Waals surface area contributed by atoms with Crippen molar-refractivity contribution in [1.82, 2.24) is 5.43 Å². The van der Waals surface area contributed by atoms with Crippen LogP contribution in [0.3, 0.4) is 0 Å². The van der Waals surface area contributed by atoms with E-state index in [0.29, 0.717) is 10.9 Å². The number of nitrogens with one attached hydrogen (secondary N) is 1. The summed E-state index contributed by atoms with van der Waals surface area (Å²) in [4.78, 5) is 11.9. The smallest absolute Gasteiger partial charge is 0.275 e. The number of phenolic OH excluding ortho intramolecular Hbond substituents is 1. The Kier molecular flexibility index (Phi) is 4.43. The molecule has 1 amide bonds. The maximum atomic E-state index is 11.9. The van der Waals surface area contributed by atoms with E-state index in [1.165, 1.54) is 24.6 Å². The molecule has 5 heteroatoms. The van der Waals surface area contributed by atoms with E-state index in [2.05, 4.69) is 17.5 Å². The largest absolute Gasteiger partial charge is 0.507 e. The molecule has 0 unspecified atom stereocenters. The lowest BCUT2D eigenvalue weighted by Gasteiger charge is -2.18. The highest BCUT2D eigenvalue weighted by molar-refractivity contribution is 6.31. The zero-order valence-corrected chi connectivity index (χ0v) is 11.6. The highest BCUT2D eigenvalue weighted by atomic mass is 35.5. The summed E-state index contributed by atoms with van der Waals surface area (Å²) in [6, 6.07) is 4.35. The van der Waals surface area contributed by atoms with Crippen molar-refractivity contribution in [3.05, 3.63) is 28.8 Å². The SMILES string of the molecule is C[C@H]1CCC/C(=N/NC(=O)c2cc(Cl)ccc2O)C1. The first kappa shape index (κ1) is 13.9. The van der Waals surface area contributed by atoms with E-state index in [4.69, 9.17) is 11.6 Å². The number of phenols is 1. The summed E-state index contributed by atoms with van der Waals surface area (Å²) in [6.07, 6.45) is 4.16. The molecule has 2 N–H and O–H groups in total. The fourth-order valence-electron chi connectivity index (χ4n) is 2.24. The van der Waals surface area contributed by atoms with Crippen LogP contribution in [0.5, 0.6) is 5.75 Å². The number of aromatic hydroxyl groups is 1. The Morgan fingerprint density at radius 3 is 3.05 bits per heavy atom. The number of hydrazone groups is 1. The van der Waals surface area contributed by atoms with Gasteiger partial charge < -0.3 is 5.11 Å². The Morgan fingerprint density at radius 1 is 1.53 bits per heavy atom. The number of nitrogens with zero attached hydrogens (tertiary/aromatic N) is 1. The van der Waals surface area contributed by atoms with Crippen LogP contribution in [0.15, 0.2) is 23.3 Å². The van der Waals surface area contributed by atoms with Gasteiger partial charge in [0.15, 0.2) is 0 Å². The molecule has 0 spiro atoms. The molecule has 0 radical (unpaired) electrons. The molecule has 2 rings (SSSR count). The molecule has 0 bridgehead atoms. The van der Waals surface area contributed by atoms with Crippen LogP contribution >= 0.6 is 11.6 Å². The number of hydrogen-bond acceptors (Lipinski definition) is 3. The summed E-state index contributed by atoms with van der Waals surface area (Å²) in [7, 11) is 0. The van der Waals surface area contributed by atoms with Gasteiger partial charge in [-0.2, -0.15) is 5.10 Å². The van der Waals surface area contributed by atoms with Gasteiger partial charge in [0.2, 0.25) is 0 Å². The van der Waals surface area contributed by atoms with Crippen LogP contribution in [0.2, 0.25) is 5.02 Å². The molecule has 0 heterocycles. The highest BCUT2D eigenvalue weighted by Gasteiger charge is 2.15. The summed E-state index contributed by atoms with van der Waals surface area (Å²) in [5.41, 5.74) is 3.64. The second-order valence-electron chi connectivity index (χ2n) is 4.98. The van der Waals surface area contributed by atoms with Gasteiger partial charge in [-0.15, -0.1) is 0 Å². The predicted octanol–water partition coefficient (Wildman–Crippen LogP) is 3.34. The number of carbonyl (C=O) groups excluding carboxylic acids is 1. The van der Waals surface area contributed by atoms with Crippen molar-refractivity contribution < 1.29 is 9.90 Å². The summed E-state index contributed by atoms with van der Waals surface area (Å²) in [5, 5.41) is 14.2. The Morgan fingerprint density at radius 2 is 2.32 bits per heavy atom. The molecule has 0 saturated heterocycles. The molecule has 0 aromatic heterocycles. The van der Waals surface area contributed by atoms with Crippen LogP contribution in [0.1, 0.15) is 43.0 Å². The quantitative estimate of drug-likeness (QED) is 0.816. The summed E-state index contributed by atoms with van der Waals surface area (Å²) in [6.45, 7) is 2.18. The Bertz CT molecular complexity index is 514. The Hall–Kier alpha value is -1.55. The van der Waals surface area contributed by atoms with Crippen LogP contribution in [0.25, 0.3) is 0 Å². The van der Waals surface area contributed by atoms with Gasteiger partial charge >= 0.3 is 0 Å². The van der Waals surface area contributed by atoms with Crippen molar-refractivity contribution in [1.29, 1.82) is 0 Å². The Labute approximate surface area is 117 Å². The van der Waals surface area contributed by atoms with Crippen molar-refractivity contribution in [3.8, 4) is 5.75 Å². The number of rotatable bonds is 2. The van der Waals surface area contributed by atoms with E-state index >= 15 is 0 Å². The van der Waals surface area contributed by atoms with E-state index in [0.717, 1.165) is 25.0 Å². The monoisotopic (exact) mass is 280 g/mol. The minimum absolute atomic E-state index is 0.0980. The fraction of sp³-hybridized carbons (Fsp3) is 0.429. The van der Waals surface area contributed by atoms with Crippen molar-refractivity contribution in [2.45, 2.75) is 32.6 Å². The normalized spacial score (nSPS) is 21.4. The van der Waals surface area contributed by atoms with E-state index < -0.39 is 5.91 Å². The molecule has 1 saturated carbocycles. The van der Waals surface area contributed by atoms with Gasteiger partial charge in [0.05, 0.1) is 5.56 Å². The van der Waals surface area contributed by atoms with Crippen LogP contribution < -0.4 is 5.43 Å². The average molecular weight is 281 g/mol. The van der Waals surface area contributed by atoms with Crippen LogP contribution in [-0.2, 0) is 0 Å². The molecule has 19 heavy (non-hydrogen) atoms. The van der Waals surface area contributed by atoms with E-state index in [9.17, 15) is 9.90 Å². The third-order valence-electron chi connectivity index (χ3n) is 3.27. The number of carbonyl (C=O) groups is 1.